The molecule has 1 unspecified atom stereocenters. The van der Waals surface area contributed by atoms with Crippen molar-refractivity contribution in [1.82, 2.24) is 5.32 Å². The molecule has 1 aliphatic rings. The normalized spacial score (nSPS) is 23.2. The van der Waals surface area contributed by atoms with E-state index in [1.165, 1.54) is 25.7 Å². The third-order valence-corrected chi connectivity index (χ3v) is 4.61. The van der Waals surface area contributed by atoms with Crippen LogP contribution in [0.1, 0.15) is 51.1 Å². The van der Waals surface area contributed by atoms with Gasteiger partial charge in [0.2, 0.25) is 0 Å². The van der Waals surface area contributed by atoms with E-state index in [1.807, 2.05) is 0 Å². The van der Waals surface area contributed by atoms with Crippen LogP contribution >= 0.6 is 11.8 Å². The van der Waals surface area contributed by atoms with Gasteiger partial charge >= 0.3 is 0 Å². The highest BCUT2D eigenvalue weighted by molar-refractivity contribution is 7.97. The lowest BCUT2D eigenvalue weighted by Crippen LogP contribution is -2.43. The molecule has 102 valence electrons. The molecule has 1 atom stereocenters. The molecule has 1 aliphatic carbocycles. The fourth-order valence-electron chi connectivity index (χ4n) is 2.83. The van der Waals surface area contributed by atoms with Crippen LogP contribution in [-0.4, -0.2) is 12.3 Å². The average molecular weight is 267 g/mol. The van der Waals surface area contributed by atoms with Crippen LogP contribution in [0.15, 0.2) is 16.5 Å². The molecular formula is C15H25NOS. The van der Waals surface area contributed by atoms with E-state index in [4.69, 9.17) is 4.42 Å². The molecule has 0 radical (unpaired) electrons. The molecule has 1 heterocycles. The van der Waals surface area contributed by atoms with Crippen molar-refractivity contribution in [3.05, 3.63) is 23.7 Å². The third kappa shape index (κ3) is 3.55. The molecule has 18 heavy (non-hydrogen) atoms. The van der Waals surface area contributed by atoms with Gasteiger partial charge in [-0.25, -0.2) is 0 Å². The van der Waals surface area contributed by atoms with Crippen molar-refractivity contribution in [3.63, 3.8) is 0 Å². The standard InChI is InChI=1S/C15H25NOS/c1-15(2)9-5-4-6-14(15)16-10-12-7-8-13(17-12)11-18-3/h7-8,14,16H,4-6,9-11H2,1-3H3. The lowest BCUT2D eigenvalue weighted by atomic mass is 9.73. The Morgan fingerprint density at radius 1 is 1.33 bits per heavy atom. The fraction of sp³-hybridized carbons (Fsp3) is 0.733. The summed E-state index contributed by atoms with van der Waals surface area (Å²) in [6, 6.07) is 4.83. The largest absolute Gasteiger partial charge is 0.464 e. The minimum Gasteiger partial charge on any atom is -0.464 e. The van der Waals surface area contributed by atoms with Gasteiger partial charge in [-0.05, 0) is 36.6 Å². The van der Waals surface area contributed by atoms with Crippen molar-refractivity contribution in [1.29, 1.82) is 0 Å². The van der Waals surface area contributed by atoms with Gasteiger partial charge in [0.1, 0.15) is 11.5 Å². The second kappa shape index (κ2) is 6.16. The quantitative estimate of drug-likeness (QED) is 0.865. The number of hydrogen-bond donors (Lipinski definition) is 1. The summed E-state index contributed by atoms with van der Waals surface area (Å²) in [7, 11) is 0. The summed E-state index contributed by atoms with van der Waals surface area (Å²) >= 11 is 1.80. The van der Waals surface area contributed by atoms with Crippen molar-refractivity contribution in [3.8, 4) is 0 Å². The van der Waals surface area contributed by atoms with Crippen molar-refractivity contribution in [2.24, 2.45) is 5.41 Å². The van der Waals surface area contributed by atoms with Crippen LogP contribution < -0.4 is 5.32 Å². The number of hydrogen-bond acceptors (Lipinski definition) is 3. The Hall–Kier alpha value is -0.410. The number of rotatable bonds is 5. The average Bonchev–Trinajstić information content (AvgIpc) is 2.75. The molecule has 2 rings (SSSR count). The van der Waals surface area contributed by atoms with Gasteiger partial charge in [0.05, 0.1) is 12.3 Å². The molecule has 0 bridgehead atoms. The number of thioether (sulfide) groups is 1. The van der Waals surface area contributed by atoms with Gasteiger partial charge in [0, 0.05) is 6.04 Å². The topological polar surface area (TPSA) is 25.2 Å². The van der Waals surface area contributed by atoms with E-state index in [1.54, 1.807) is 11.8 Å². The summed E-state index contributed by atoms with van der Waals surface area (Å²) in [5, 5.41) is 3.68. The Morgan fingerprint density at radius 2 is 2.11 bits per heavy atom. The first-order valence-corrected chi connectivity index (χ1v) is 8.31. The minimum absolute atomic E-state index is 0.424. The zero-order valence-corrected chi connectivity index (χ0v) is 12.6. The van der Waals surface area contributed by atoms with E-state index in [9.17, 15) is 0 Å². The van der Waals surface area contributed by atoms with E-state index >= 15 is 0 Å². The highest BCUT2D eigenvalue weighted by Gasteiger charge is 2.31. The lowest BCUT2D eigenvalue weighted by Gasteiger charge is -2.39. The van der Waals surface area contributed by atoms with Crippen LogP contribution in [-0.2, 0) is 12.3 Å². The zero-order chi connectivity index (χ0) is 13.0. The van der Waals surface area contributed by atoms with Gasteiger partial charge in [-0.15, -0.1) is 0 Å². The summed E-state index contributed by atoms with van der Waals surface area (Å²) in [4.78, 5) is 0. The Balaban J connectivity index is 1.86. The Labute approximate surface area is 115 Å². The Morgan fingerprint density at radius 3 is 2.83 bits per heavy atom. The summed E-state index contributed by atoms with van der Waals surface area (Å²) in [5.74, 6) is 3.12. The van der Waals surface area contributed by atoms with Crippen molar-refractivity contribution in [2.45, 2.75) is 57.9 Å². The fourth-order valence-corrected chi connectivity index (χ4v) is 3.27. The van der Waals surface area contributed by atoms with Crippen LogP contribution in [0.3, 0.4) is 0 Å². The summed E-state index contributed by atoms with van der Waals surface area (Å²) in [6.07, 6.45) is 7.47. The van der Waals surface area contributed by atoms with E-state index in [0.29, 0.717) is 11.5 Å². The van der Waals surface area contributed by atoms with Crippen LogP contribution in [0.25, 0.3) is 0 Å². The first-order chi connectivity index (χ1) is 8.62. The van der Waals surface area contributed by atoms with Crippen molar-refractivity contribution < 1.29 is 4.42 Å². The highest BCUT2D eigenvalue weighted by atomic mass is 32.2. The SMILES string of the molecule is CSCc1ccc(CNC2CCCCC2(C)C)o1. The molecule has 1 aromatic rings. The van der Waals surface area contributed by atoms with E-state index < -0.39 is 0 Å². The predicted molar refractivity (Wildman–Crippen MR) is 78.8 cm³/mol. The summed E-state index contributed by atoms with van der Waals surface area (Å²) in [5.41, 5.74) is 0.424. The second-order valence-electron chi connectivity index (χ2n) is 5.97. The van der Waals surface area contributed by atoms with Gasteiger partial charge in [-0.2, -0.15) is 11.8 Å². The Bertz CT molecular complexity index is 372. The summed E-state index contributed by atoms with van der Waals surface area (Å²) < 4.78 is 5.80. The Kier molecular flexibility index (Phi) is 4.79. The monoisotopic (exact) mass is 267 g/mol. The minimum atomic E-state index is 0.424. The van der Waals surface area contributed by atoms with Gasteiger partial charge < -0.3 is 9.73 Å². The van der Waals surface area contributed by atoms with Crippen LogP contribution in [0.2, 0.25) is 0 Å². The molecule has 0 aromatic carbocycles. The first-order valence-electron chi connectivity index (χ1n) is 6.92. The summed E-state index contributed by atoms with van der Waals surface area (Å²) in [6.45, 7) is 5.62. The molecule has 1 aromatic heterocycles. The maximum atomic E-state index is 5.80. The molecule has 0 saturated heterocycles. The molecule has 3 heteroatoms. The molecule has 0 aliphatic heterocycles. The molecule has 0 spiro atoms. The third-order valence-electron chi connectivity index (χ3n) is 4.03. The molecule has 1 N–H and O–H groups in total. The first kappa shape index (κ1) is 14.0. The van der Waals surface area contributed by atoms with Crippen LogP contribution in [0, 0.1) is 5.41 Å². The van der Waals surface area contributed by atoms with Gasteiger partial charge in [0.15, 0.2) is 0 Å². The number of furan rings is 1. The predicted octanol–water partition coefficient (Wildman–Crippen LogP) is 4.20. The molecular weight excluding hydrogens is 242 g/mol. The van der Waals surface area contributed by atoms with E-state index in [2.05, 4.69) is 37.6 Å². The van der Waals surface area contributed by atoms with E-state index in [-0.39, 0.29) is 0 Å². The maximum absolute atomic E-state index is 5.80. The van der Waals surface area contributed by atoms with Gasteiger partial charge in [-0.1, -0.05) is 26.7 Å². The van der Waals surface area contributed by atoms with Crippen LogP contribution in [0.5, 0.6) is 0 Å². The van der Waals surface area contributed by atoms with Crippen molar-refractivity contribution in [2.75, 3.05) is 6.26 Å². The van der Waals surface area contributed by atoms with E-state index in [0.717, 1.165) is 23.8 Å². The molecule has 1 saturated carbocycles. The maximum Gasteiger partial charge on any atom is 0.118 e. The molecule has 1 fully saturated rings. The van der Waals surface area contributed by atoms with Gasteiger partial charge in [0.25, 0.3) is 0 Å². The molecule has 2 nitrogen and oxygen atoms in total. The number of nitrogens with one attached hydrogen (secondary N) is 1. The highest BCUT2D eigenvalue weighted by Crippen LogP contribution is 2.35. The smallest absolute Gasteiger partial charge is 0.118 e. The van der Waals surface area contributed by atoms with Crippen LogP contribution in [0.4, 0.5) is 0 Å². The zero-order valence-electron chi connectivity index (χ0n) is 11.8. The lowest BCUT2D eigenvalue weighted by molar-refractivity contribution is 0.164. The second-order valence-corrected chi connectivity index (χ2v) is 6.83. The molecule has 0 amide bonds. The van der Waals surface area contributed by atoms with Crippen molar-refractivity contribution >= 4 is 11.8 Å². The van der Waals surface area contributed by atoms with Gasteiger partial charge in [-0.3, -0.25) is 0 Å².